The summed E-state index contributed by atoms with van der Waals surface area (Å²) in [5.41, 5.74) is 0. The van der Waals surface area contributed by atoms with Crippen molar-refractivity contribution in [3.05, 3.63) is 22.3 Å². The van der Waals surface area contributed by atoms with E-state index in [-0.39, 0.29) is 0 Å². The number of hydrogen-bond acceptors (Lipinski definition) is 3. The molecule has 0 bridgehead atoms. The molecule has 0 saturated heterocycles. The Hall–Kier alpha value is -0.570. The maximum Gasteiger partial charge on any atom is 0.121 e. The number of ether oxygens (including phenoxy) is 2. The van der Waals surface area contributed by atoms with Crippen LogP contribution < -0.4 is 0 Å². The molecular formula is C8H12O2S. The molecule has 0 aromatic heterocycles. The van der Waals surface area contributed by atoms with Gasteiger partial charge in [0.05, 0.1) is 12.5 Å². The van der Waals surface area contributed by atoms with Crippen LogP contribution in [0.15, 0.2) is 22.3 Å². The molecule has 0 atom stereocenters. The number of rotatable bonds is 0. The highest BCUT2D eigenvalue weighted by molar-refractivity contribution is 8.06. The molecule has 1 rings (SSSR count). The molecule has 1 heterocycles. The minimum Gasteiger partial charge on any atom is -0.497 e. The number of hydrogen-bond donors (Lipinski definition) is 0. The van der Waals surface area contributed by atoms with Crippen LogP contribution in [0, 0.1) is 0 Å². The largest absolute Gasteiger partial charge is 0.497 e. The Labute approximate surface area is 71.3 Å². The van der Waals surface area contributed by atoms with E-state index >= 15 is 0 Å². The molecule has 2 nitrogen and oxygen atoms in total. The monoisotopic (exact) mass is 172 g/mol. The van der Waals surface area contributed by atoms with Crippen LogP contribution in [0.2, 0.25) is 0 Å². The Balaban J connectivity index is 2.56. The number of thioether (sulfide) groups is 1. The predicted molar refractivity (Wildman–Crippen MR) is 47.0 cm³/mol. The van der Waals surface area contributed by atoms with Crippen LogP contribution in [0.4, 0.5) is 0 Å². The third-order valence-corrected chi connectivity index (χ3v) is 1.98. The molecule has 3 heteroatoms. The quantitative estimate of drug-likeness (QED) is 0.559. The van der Waals surface area contributed by atoms with Crippen LogP contribution in [0.1, 0.15) is 13.8 Å². The molecule has 0 radical (unpaired) electrons. The van der Waals surface area contributed by atoms with Gasteiger partial charge in [0.15, 0.2) is 0 Å². The minimum atomic E-state index is 0.627. The van der Waals surface area contributed by atoms with Crippen molar-refractivity contribution in [1.82, 2.24) is 0 Å². The highest BCUT2D eigenvalue weighted by atomic mass is 32.2. The summed E-state index contributed by atoms with van der Waals surface area (Å²) in [6.07, 6.45) is 3.55. The Morgan fingerprint density at radius 2 is 1.55 bits per heavy atom. The van der Waals surface area contributed by atoms with Gasteiger partial charge in [-0.1, -0.05) is 11.8 Å². The lowest BCUT2D eigenvalue weighted by atomic mass is 10.7. The summed E-state index contributed by atoms with van der Waals surface area (Å²) in [5.74, 6) is 0. The molecule has 11 heavy (non-hydrogen) atoms. The lowest BCUT2D eigenvalue weighted by Gasteiger charge is -1.98. The molecule has 0 aromatic rings. The van der Waals surface area contributed by atoms with E-state index in [1.807, 2.05) is 13.8 Å². The second-order valence-corrected chi connectivity index (χ2v) is 3.79. The molecule has 1 aliphatic rings. The van der Waals surface area contributed by atoms with Gasteiger partial charge in [-0.15, -0.1) is 0 Å². The summed E-state index contributed by atoms with van der Waals surface area (Å²) in [7, 11) is 0. The van der Waals surface area contributed by atoms with Gasteiger partial charge in [0.25, 0.3) is 0 Å². The van der Waals surface area contributed by atoms with Gasteiger partial charge in [0.2, 0.25) is 0 Å². The molecule has 0 fully saturated rings. The molecule has 0 aromatic carbocycles. The zero-order valence-corrected chi connectivity index (χ0v) is 7.61. The molecule has 0 aliphatic carbocycles. The van der Waals surface area contributed by atoms with Gasteiger partial charge in [-0.3, -0.25) is 0 Å². The fourth-order valence-electron chi connectivity index (χ4n) is 0.751. The molecule has 0 saturated carbocycles. The van der Waals surface area contributed by atoms with Crippen LogP contribution >= 0.6 is 11.8 Å². The Kier molecular flexibility index (Phi) is 3.36. The standard InChI is InChI=1S/C8H12O2S/c1-7-5-9-3-4-10-6-8(2)11-7/h5-6H,3-4H2,1-2H3/b7-5+,8-6+. The average Bonchev–Trinajstić information content (AvgIpc) is 2.02. The van der Waals surface area contributed by atoms with Gasteiger partial charge in [-0.25, -0.2) is 0 Å². The predicted octanol–water partition coefficient (Wildman–Crippen LogP) is 2.49. The van der Waals surface area contributed by atoms with Gasteiger partial charge in [-0.05, 0) is 13.8 Å². The van der Waals surface area contributed by atoms with Crippen molar-refractivity contribution < 1.29 is 9.47 Å². The van der Waals surface area contributed by atoms with E-state index in [0.29, 0.717) is 13.2 Å². The Bertz CT molecular complexity index is 165. The summed E-state index contributed by atoms with van der Waals surface area (Å²) < 4.78 is 10.3. The highest BCUT2D eigenvalue weighted by Gasteiger charge is 1.97. The first-order chi connectivity index (χ1) is 5.29. The van der Waals surface area contributed by atoms with Crippen LogP contribution in [0.5, 0.6) is 0 Å². The van der Waals surface area contributed by atoms with Crippen LogP contribution in [-0.4, -0.2) is 13.2 Å². The topological polar surface area (TPSA) is 18.5 Å². The van der Waals surface area contributed by atoms with Crippen molar-refractivity contribution in [3.63, 3.8) is 0 Å². The summed E-state index contributed by atoms with van der Waals surface area (Å²) in [5, 5.41) is 0. The van der Waals surface area contributed by atoms with Gasteiger partial charge in [0.1, 0.15) is 13.2 Å². The fourth-order valence-corrected chi connectivity index (χ4v) is 1.49. The maximum absolute atomic E-state index is 5.17. The molecule has 62 valence electrons. The van der Waals surface area contributed by atoms with E-state index in [4.69, 9.17) is 9.47 Å². The van der Waals surface area contributed by atoms with Crippen molar-refractivity contribution in [1.29, 1.82) is 0 Å². The van der Waals surface area contributed by atoms with Gasteiger partial charge >= 0.3 is 0 Å². The fraction of sp³-hybridized carbons (Fsp3) is 0.500. The van der Waals surface area contributed by atoms with Crippen molar-refractivity contribution in [2.24, 2.45) is 0 Å². The van der Waals surface area contributed by atoms with Crippen molar-refractivity contribution >= 4 is 11.8 Å². The highest BCUT2D eigenvalue weighted by Crippen LogP contribution is 2.24. The molecule has 0 N–H and O–H groups in total. The Morgan fingerprint density at radius 1 is 1.09 bits per heavy atom. The first-order valence-electron chi connectivity index (χ1n) is 3.53. The van der Waals surface area contributed by atoms with Crippen LogP contribution in [0.25, 0.3) is 0 Å². The van der Waals surface area contributed by atoms with E-state index in [9.17, 15) is 0 Å². The zero-order chi connectivity index (χ0) is 8.10. The van der Waals surface area contributed by atoms with E-state index < -0.39 is 0 Å². The maximum atomic E-state index is 5.17. The lowest BCUT2D eigenvalue weighted by Crippen LogP contribution is -1.95. The normalized spacial score (nSPS) is 28.9. The van der Waals surface area contributed by atoms with E-state index in [2.05, 4.69) is 0 Å². The van der Waals surface area contributed by atoms with E-state index in [1.54, 1.807) is 24.3 Å². The Morgan fingerprint density at radius 3 is 2.00 bits per heavy atom. The van der Waals surface area contributed by atoms with Crippen LogP contribution in [-0.2, 0) is 9.47 Å². The smallest absolute Gasteiger partial charge is 0.121 e. The molecule has 0 unspecified atom stereocenters. The van der Waals surface area contributed by atoms with Crippen molar-refractivity contribution in [2.45, 2.75) is 13.8 Å². The minimum absolute atomic E-state index is 0.627. The summed E-state index contributed by atoms with van der Waals surface area (Å²) in [6, 6.07) is 0. The third-order valence-electron chi connectivity index (χ3n) is 1.14. The van der Waals surface area contributed by atoms with Crippen LogP contribution in [0.3, 0.4) is 0 Å². The van der Waals surface area contributed by atoms with E-state index in [0.717, 1.165) is 9.81 Å². The van der Waals surface area contributed by atoms with Gasteiger partial charge in [-0.2, -0.15) is 0 Å². The lowest BCUT2D eigenvalue weighted by molar-refractivity contribution is 0.149. The molecular weight excluding hydrogens is 160 g/mol. The third kappa shape index (κ3) is 3.37. The van der Waals surface area contributed by atoms with Gasteiger partial charge < -0.3 is 9.47 Å². The second-order valence-electron chi connectivity index (χ2n) is 2.30. The summed E-state index contributed by atoms with van der Waals surface area (Å²) in [4.78, 5) is 2.31. The zero-order valence-electron chi connectivity index (χ0n) is 6.79. The summed E-state index contributed by atoms with van der Waals surface area (Å²) >= 11 is 1.66. The van der Waals surface area contributed by atoms with Gasteiger partial charge in [0, 0.05) is 9.81 Å². The average molecular weight is 172 g/mol. The molecule has 0 amide bonds. The first-order valence-corrected chi connectivity index (χ1v) is 4.35. The SMILES string of the molecule is C/C1=C\OCCO/C=C(\C)S1. The number of allylic oxidation sites excluding steroid dienone is 2. The van der Waals surface area contributed by atoms with Crippen molar-refractivity contribution in [2.75, 3.05) is 13.2 Å². The molecule has 0 spiro atoms. The summed E-state index contributed by atoms with van der Waals surface area (Å²) in [6.45, 7) is 5.30. The molecule has 1 aliphatic heterocycles. The first kappa shape index (κ1) is 8.53. The van der Waals surface area contributed by atoms with E-state index in [1.165, 1.54) is 0 Å². The second kappa shape index (κ2) is 4.34. The van der Waals surface area contributed by atoms with Crippen molar-refractivity contribution in [3.8, 4) is 0 Å².